The second-order valence-corrected chi connectivity index (χ2v) is 10.7. The van der Waals surface area contributed by atoms with E-state index in [0.717, 1.165) is 12.8 Å². The third-order valence-corrected chi connectivity index (χ3v) is 7.78. The van der Waals surface area contributed by atoms with E-state index in [1.807, 2.05) is 13.8 Å². The van der Waals surface area contributed by atoms with Gasteiger partial charge >= 0.3 is 5.97 Å². The summed E-state index contributed by atoms with van der Waals surface area (Å²) < 4.78 is 36.7. The summed E-state index contributed by atoms with van der Waals surface area (Å²) in [4.78, 5) is 24.3. The lowest BCUT2D eigenvalue weighted by Crippen LogP contribution is -2.26. The number of carbonyl (C=O) groups is 2. The lowest BCUT2D eigenvalue weighted by Gasteiger charge is -2.17. The summed E-state index contributed by atoms with van der Waals surface area (Å²) in [5.74, 6) is -1.58. The second-order valence-electron chi connectivity index (χ2n) is 8.99. The van der Waals surface area contributed by atoms with E-state index in [1.54, 1.807) is 43.3 Å². The number of hydrogen-bond acceptors (Lipinski definition) is 6. The third-order valence-electron chi connectivity index (χ3n) is 6.23. The highest BCUT2D eigenvalue weighted by atomic mass is 32.2. The Labute approximate surface area is 215 Å². The minimum atomic E-state index is -4.01. The number of aromatic carboxylic acids is 1. The largest absolute Gasteiger partial charge is 0.476 e. The number of sulfonamides is 1. The Morgan fingerprint density at radius 3 is 2.41 bits per heavy atom. The van der Waals surface area contributed by atoms with E-state index in [-0.39, 0.29) is 45.6 Å². The molecule has 10 nitrogen and oxygen atoms in total. The Bertz CT molecular complexity index is 1410. The summed E-state index contributed by atoms with van der Waals surface area (Å²) in [7, 11) is -4.01. The van der Waals surface area contributed by atoms with Crippen LogP contribution in [-0.4, -0.2) is 41.2 Å². The zero-order chi connectivity index (χ0) is 26.7. The van der Waals surface area contributed by atoms with Gasteiger partial charge in [0, 0.05) is 23.2 Å². The summed E-state index contributed by atoms with van der Waals surface area (Å²) in [6.07, 6.45) is 2.80. The number of amides is 1. The normalized spacial score (nSPS) is 13.5. The average molecular weight is 527 g/mol. The summed E-state index contributed by atoms with van der Waals surface area (Å²) in [6.45, 7) is 5.39. The Hall–Kier alpha value is -3.70. The summed E-state index contributed by atoms with van der Waals surface area (Å²) >= 11 is 0. The van der Waals surface area contributed by atoms with Crippen LogP contribution in [0.25, 0.3) is 5.69 Å². The van der Waals surface area contributed by atoms with Gasteiger partial charge < -0.3 is 15.2 Å². The molecule has 0 unspecified atom stereocenters. The van der Waals surface area contributed by atoms with Crippen molar-refractivity contribution >= 4 is 27.6 Å². The maximum Gasteiger partial charge on any atom is 0.356 e. The van der Waals surface area contributed by atoms with Gasteiger partial charge in [-0.1, -0.05) is 32.0 Å². The van der Waals surface area contributed by atoms with Crippen molar-refractivity contribution in [2.45, 2.75) is 57.4 Å². The van der Waals surface area contributed by atoms with Crippen LogP contribution in [0.15, 0.2) is 53.4 Å². The van der Waals surface area contributed by atoms with E-state index in [9.17, 15) is 23.1 Å². The van der Waals surface area contributed by atoms with Gasteiger partial charge in [0.1, 0.15) is 10.6 Å². The van der Waals surface area contributed by atoms with Crippen molar-refractivity contribution in [1.82, 2.24) is 14.5 Å². The number of ether oxygens (including phenoxy) is 1. The zero-order valence-corrected chi connectivity index (χ0v) is 21.7. The molecule has 1 amide bonds. The Balaban J connectivity index is 1.79. The quantitative estimate of drug-likeness (QED) is 0.334. The zero-order valence-electron chi connectivity index (χ0n) is 20.9. The van der Waals surface area contributed by atoms with Gasteiger partial charge in [-0.3, -0.25) is 4.79 Å². The van der Waals surface area contributed by atoms with Crippen molar-refractivity contribution < 1.29 is 27.9 Å². The molecule has 11 heteroatoms. The smallest absolute Gasteiger partial charge is 0.356 e. The first kappa shape index (κ1) is 26.4. The predicted octanol–water partition coefficient (Wildman–Crippen LogP) is 4.49. The fraction of sp³-hybridized carbons (Fsp3) is 0.346. The number of carboxylic acid groups (broad SMARTS) is 1. The van der Waals surface area contributed by atoms with E-state index in [1.165, 1.54) is 16.8 Å². The van der Waals surface area contributed by atoms with Crippen LogP contribution in [0.3, 0.4) is 0 Å². The predicted molar refractivity (Wildman–Crippen MR) is 138 cm³/mol. The van der Waals surface area contributed by atoms with E-state index in [4.69, 9.17) is 4.74 Å². The van der Waals surface area contributed by atoms with Gasteiger partial charge in [0.25, 0.3) is 0 Å². The molecule has 1 heterocycles. The van der Waals surface area contributed by atoms with Gasteiger partial charge in [-0.25, -0.2) is 17.9 Å². The maximum atomic E-state index is 13.3. The number of anilines is 1. The van der Waals surface area contributed by atoms with Crippen molar-refractivity contribution in [3.05, 3.63) is 59.8 Å². The van der Waals surface area contributed by atoms with Gasteiger partial charge in [-0.15, -0.1) is 0 Å². The molecule has 1 aliphatic rings. The number of nitrogens with one attached hydrogen (secondary N) is 2. The van der Waals surface area contributed by atoms with E-state index >= 15 is 0 Å². The molecule has 0 radical (unpaired) electrons. The fourth-order valence-electron chi connectivity index (χ4n) is 3.92. The third kappa shape index (κ3) is 5.83. The van der Waals surface area contributed by atoms with E-state index < -0.39 is 16.0 Å². The summed E-state index contributed by atoms with van der Waals surface area (Å²) in [5, 5.41) is 16.6. The fourth-order valence-corrected chi connectivity index (χ4v) is 5.38. The highest BCUT2D eigenvalue weighted by molar-refractivity contribution is 7.89. The first-order chi connectivity index (χ1) is 17.6. The van der Waals surface area contributed by atoms with Crippen LogP contribution in [0.4, 0.5) is 5.69 Å². The Morgan fingerprint density at radius 2 is 1.81 bits per heavy atom. The van der Waals surface area contributed by atoms with Gasteiger partial charge in [-0.2, -0.15) is 9.78 Å². The average Bonchev–Trinajstić information content (AvgIpc) is 3.61. The van der Waals surface area contributed by atoms with Crippen LogP contribution < -0.4 is 14.8 Å². The Kier molecular flexibility index (Phi) is 7.65. The highest BCUT2D eigenvalue weighted by Gasteiger charge is 2.31. The molecule has 0 aliphatic heterocycles. The molecule has 37 heavy (non-hydrogen) atoms. The lowest BCUT2D eigenvalue weighted by atomic mass is 10.0. The number of benzene rings is 2. The van der Waals surface area contributed by atoms with Crippen LogP contribution in [0.2, 0.25) is 0 Å². The van der Waals surface area contributed by atoms with Crippen molar-refractivity contribution in [1.29, 1.82) is 0 Å². The summed E-state index contributed by atoms with van der Waals surface area (Å²) in [6, 6.07) is 13.0. The van der Waals surface area contributed by atoms with Crippen molar-refractivity contribution in [2.24, 2.45) is 5.92 Å². The molecule has 0 bridgehead atoms. The molecule has 3 N–H and O–H groups in total. The van der Waals surface area contributed by atoms with Crippen molar-refractivity contribution in [3.63, 3.8) is 0 Å². The molecule has 3 aromatic rings. The molecular formula is C26H30N4O6S. The molecule has 1 aromatic heterocycles. The molecule has 0 saturated heterocycles. The molecule has 1 fully saturated rings. The first-order valence-corrected chi connectivity index (χ1v) is 13.7. The molecule has 0 spiro atoms. The number of nitrogens with zero attached hydrogens (tertiary/aromatic N) is 2. The number of hydrogen-bond donors (Lipinski definition) is 3. The van der Waals surface area contributed by atoms with E-state index in [0.29, 0.717) is 24.2 Å². The van der Waals surface area contributed by atoms with E-state index in [2.05, 4.69) is 15.1 Å². The van der Waals surface area contributed by atoms with Crippen LogP contribution in [0.1, 0.15) is 55.6 Å². The molecular weight excluding hydrogens is 496 g/mol. The molecule has 4 rings (SSSR count). The van der Waals surface area contributed by atoms with Crippen molar-refractivity contribution in [3.8, 4) is 17.3 Å². The molecule has 1 aliphatic carbocycles. The summed E-state index contributed by atoms with van der Waals surface area (Å²) in [5.41, 5.74) is 0.886. The number of rotatable bonds is 11. The molecule has 0 atom stereocenters. The molecule has 2 aromatic carbocycles. The minimum Gasteiger partial charge on any atom is -0.476 e. The van der Waals surface area contributed by atoms with Crippen LogP contribution in [0.5, 0.6) is 11.6 Å². The van der Waals surface area contributed by atoms with Crippen molar-refractivity contribution in [2.75, 3.05) is 5.32 Å². The SMILES string of the molecule is CCC(CC)C(=O)Nc1ccc(Oc2c(C)c(C(=O)O)nn2-c2ccccc2)c(S(=O)(=O)NC2CC2)c1. The van der Waals surface area contributed by atoms with Crippen LogP contribution in [0, 0.1) is 12.8 Å². The second kappa shape index (κ2) is 10.7. The minimum absolute atomic E-state index is 0.0224. The lowest BCUT2D eigenvalue weighted by molar-refractivity contribution is -0.120. The number of para-hydroxylation sites is 1. The molecule has 1 saturated carbocycles. The first-order valence-electron chi connectivity index (χ1n) is 12.2. The van der Waals surface area contributed by atoms with Crippen LogP contribution in [-0.2, 0) is 14.8 Å². The van der Waals surface area contributed by atoms with Crippen LogP contribution >= 0.6 is 0 Å². The van der Waals surface area contributed by atoms with Gasteiger partial charge in [0.05, 0.1) is 5.69 Å². The number of carbonyl (C=O) groups excluding carboxylic acids is 1. The number of carboxylic acids is 1. The Morgan fingerprint density at radius 1 is 1.14 bits per heavy atom. The van der Waals surface area contributed by atoms with Gasteiger partial charge in [0.2, 0.25) is 21.8 Å². The standard InChI is InChI=1S/C26H30N4O6S/c1-4-17(5-2)24(31)27-19-13-14-21(22(15-19)37(34,35)29-18-11-12-18)36-25-16(3)23(26(32)33)28-30(25)20-9-7-6-8-10-20/h6-10,13-15,17-18,29H,4-5,11-12H2,1-3H3,(H,27,31)(H,32,33). The van der Waals surface area contributed by atoms with Gasteiger partial charge in [0.15, 0.2) is 5.69 Å². The van der Waals surface area contributed by atoms with Gasteiger partial charge in [-0.05, 0) is 62.9 Å². The highest BCUT2D eigenvalue weighted by Crippen LogP contribution is 2.36. The number of aromatic nitrogens is 2. The monoisotopic (exact) mass is 526 g/mol. The maximum absolute atomic E-state index is 13.3. The molecule has 196 valence electrons. The topological polar surface area (TPSA) is 140 Å².